The van der Waals surface area contributed by atoms with Gasteiger partial charge in [-0.3, -0.25) is 0 Å². The number of hydrogen-bond acceptors (Lipinski definition) is 2. The molecule has 1 aromatic rings. The van der Waals surface area contributed by atoms with Crippen molar-refractivity contribution in [1.29, 1.82) is 0 Å². The Bertz CT molecular complexity index is 611. The molecule has 6 heteroatoms. The SMILES string of the molecule is CCCc1ccc(C2=C(F)CC(OC(=O)C(F)F)CC2)c(F)c1. The standard InChI is InChI=1S/C17H18F4O2/c1-2-3-10-4-6-12(14(18)8-10)13-7-5-11(9-15(13)19)23-17(22)16(20)21/h4,6,8,11,16H,2-3,5,7,9H2,1H3. The van der Waals surface area contributed by atoms with Crippen LogP contribution in [-0.4, -0.2) is 18.5 Å². The van der Waals surface area contributed by atoms with E-state index in [9.17, 15) is 22.4 Å². The van der Waals surface area contributed by atoms with Crippen molar-refractivity contribution in [3.63, 3.8) is 0 Å². The van der Waals surface area contributed by atoms with E-state index in [1.807, 2.05) is 6.92 Å². The number of carbonyl (C=O) groups is 1. The van der Waals surface area contributed by atoms with Crippen molar-refractivity contribution in [2.75, 3.05) is 0 Å². The second kappa shape index (κ2) is 7.62. The van der Waals surface area contributed by atoms with Crippen LogP contribution in [0.5, 0.6) is 0 Å². The number of aryl methyl sites for hydroxylation is 1. The molecule has 0 spiro atoms. The van der Waals surface area contributed by atoms with Crippen molar-refractivity contribution in [2.24, 2.45) is 0 Å². The van der Waals surface area contributed by atoms with Gasteiger partial charge in [0.1, 0.15) is 17.7 Å². The van der Waals surface area contributed by atoms with E-state index in [2.05, 4.69) is 4.74 Å². The fourth-order valence-electron chi connectivity index (χ4n) is 2.71. The second-order valence-electron chi connectivity index (χ2n) is 5.55. The summed E-state index contributed by atoms with van der Waals surface area (Å²) in [6.45, 7) is 1.98. The van der Waals surface area contributed by atoms with Gasteiger partial charge in [-0.25, -0.2) is 13.6 Å². The van der Waals surface area contributed by atoms with Gasteiger partial charge in [0.25, 0.3) is 0 Å². The van der Waals surface area contributed by atoms with Crippen LogP contribution in [-0.2, 0) is 16.0 Å². The monoisotopic (exact) mass is 330 g/mol. The summed E-state index contributed by atoms with van der Waals surface area (Å²) in [7, 11) is 0. The Hall–Kier alpha value is -1.85. The highest BCUT2D eigenvalue weighted by Gasteiger charge is 2.28. The lowest BCUT2D eigenvalue weighted by Crippen LogP contribution is -2.25. The Morgan fingerprint density at radius 1 is 1.35 bits per heavy atom. The van der Waals surface area contributed by atoms with E-state index in [-0.39, 0.29) is 30.4 Å². The first-order valence-electron chi connectivity index (χ1n) is 7.57. The molecule has 2 rings (SSSR count). The third-order valence-electron chi connectivity index (χ3n) is 3.81. The fourth-order valence-corrected chi connectivity index (χ4v) is 2.71. The molecule has 0 radical (unpaired) electrons. The number of esters is 1. The van der Waals surface area contributed by atoms with Crippen LogP contribution in [0.2, 0.25) is 0 Å². The molecule has 0 aliphatic heterocycles. The Kier molecular flexibility index (Phi) is 5.80. The summed E-state index contributed by atoms with van der Waals surface area (Å²) >= 11 is 0. The van der Waals surface area contributed by atoms with E-state index in [1.165, 1.54) is 6.07 Å². The molecule has 0 N–H and O–H groups in total. The molecule has 2 nitrogen and oxygen atoms in total. The molecule has 1 atom stereocenters. The minimum Gasteiger partial charge on any atom is -0.458 e. The zero-order chi connectivity index (χ0) is 17.0. The average molecular weight is 330 g/mol. The summed E-state index contributed by atoms with van der Waals surface area (Å²) in [5.41, 5.74) is 1.24. The van der Waals surface area contributed by atoms with Crippen molar-refractivity contribution in [3.05, 3.63) is 41.0 Å². The summed E-state index contributed by atoms with van der Waals surface area (Å²) in [5.74, 6) is -2.77. The quantitative estimate of drug-likeness (QED) is 0.571. The van der Waals surface area contributed by atoms with Crippen molar-refractivity contribution in [2.45, 2.75) is 51.6 Å². The van der Waals surface area contributed by atoms with E-state index >= 15 is 0 Å². The van der Waals surface area contributed by atoms with Gasteiger partial charge >= 0.3 is 12.4 Å². The number of allylic oxidation sites excluding steroid dienone is 1. The molecular weight excluding hydrogens is 312 g/mol. The first kappa shape index (κ1) is 17.5. The number of benzene rings is 1. The van der Waals surface area contributed by atoms with Crippen LogP contribution in [0.25, 0.3) is 5.57 Å². The molecule has 126 valence electrons. The molecule has 0 saturated carbocycles. The van der Waals surface area contributed by atoms with Crippen molar-refractivity contribution >= 4 is 11.5 Å². The highest BCUT2D eigenvalue weighted by Crippen LogP contribution is 2.36. The molecule has 0 aromatic heterocycles. The average Bonchev–Trinajstić information content (AvgIpc) is 2.48. The minimum absolute atomic E-state index is 0.136. The molecule has 1 unspecified atom stereocenters. The third-order valence-corrected chi connectivity index (χ3v) is 3.81. The zero-order valence-corrected chi connectivity index (χ0v) is 12.8. The largest absolute Gasteiger partial charge is 0.458 e. The predicted molar refractivity (Wildman–Crippen MR) is 78.2 cm³/mol. The molecule has 0 amide bonds. The maximum atomic E-state index is 14.2. The summed E-state index contributed by atoms with van der Waals surface area (Å²) in [4.78, 5) is 10.9. The van der Waals surface area contributed by atoms with Crippen LogP contribution in [0.1, 0.15) is 43.7 Å². The molecule has 23 heavy (non-hydrogen) atoms. The fraction of sp³-hybridized carbons (Fsp3) is 0.471. The number of ether oxygens (including phenoxy) is 1. The van der Waals surface area contributed by atoms with E-state index in [4.69, 9.17) is 0 Å². The second-order valence-corrected chi connectivity index (χ2v) is 5.55. The van der Waals surface area contributed by atoms with E-state index in [0.29, 0.717) is 0 Å². The highest BCUT2D eigenvalue weighted by molar-refractivity contribution is 5.73. The molecule has 1 aliphatic carbocycles. The maximum Gasteiger partial charge on any atom is 0.374 e. The Morgan fingerprint density at radius 2 is 2.09 bits per heavy atom. The first-order valence-corrected chi connectivity index (χ1v) is 7.57. The minimum atomic E-state index is -3.23. The molecular formula is C17H18F4O2. The molecule has 1 aliphatic rings. The molecule has 0 fully saturated rings. The Morgan fingerprint density at radius 3 is 2.65 bits per heavy atom. The van der Waals surface area contributed by atoms with Crippen LogP contribution in [0.15, 0.2) is 24.0 Å². The topological polar surface area (TPSA) is 26.3 Å². The highest BCUT2D eigenvalue weighted by atomic mass is 19.3. The van der Waals surface area contributed by atoms with Crippen molar-refractivity contribution in [1.82, 2.24) is 0 Å². The normalized spacial score (nSPS) is 18.4. The molecule has 0 saturated heterocycles. The first-order chi connectivity index (χ1) is 10.9. The van der Waals surface area contributed by atoms with Crippen LogP contribution >= 0.6 is 0 Å². The molecule has 1 aromatic carbocycles. The van der Waals surface area contributed by atoms with Crippen LogP contribution in [0.3, 0.4) is 0 Å². The third kappa shape index (κ3) is 4.33. The number of rotatable bonds is 5. The van der Waals surface area contributed by atoms with Crippen molar-refractivity contribution in [3.8, 4) is 0 Å². The number of alkyl halides is 2. The van der Waals surface area contributed by atoms with Crippen LogP contribution in [0.4, 0.5) is 17.6 Å². The van der Waals surface area contributed by atoms with Gasteiger partial charge in [-0.2, -0.15) is 8.78 Å². The number of carbonyl (C=O) groups excluding carboxylic acids is 1. The lowest BCUT2D eigenvalue weighted by molar-refractivity contribution is -0.162. The van der Waals surface area contributed by atoms with Gasteiger partial charge in [0.15, 0.2) is 0 Å². The van der Waals surface area contributed by atoms with Crippen LogP contribution < -0.4 is 0 Å². The molecule has 0 bridgehead atoms. The summed E-state index contributed by atoms with van der Waals surface area (Å²) in [5, 5.41) is 0. The van der Waals surface area contributed by atoms with Crippen LogP contribution in [0, 0.1) is 5.82 Å². The lowest BCUT2D eigenvalue weighted by Gasteiger charge is -2.24. The predicted octanol–water partition coefficient (Wildman–Crippen LogP) is 4.82. The van der Waals surface area contributed by atoms with E-state index in [1.54, 1.807) is 12.1 Å². The summed E-state index contributed by atoms with van der Waals surface area (Å²) in [6.07, 6.45) is -2.51. The maximum absolute atomic E-state index is 14.2. The smallest absolute Gasteiger partial charge is 0.374 e. The van der Waals surface area contributed by atoms with Crippen molar-refractivity contribution < 1.29 is 27.1 Å². The van der Waals surface area contributed by atoms with E-state index < -0.39 is 30.1 Å². The lowest BCUT2D eigenvalue weighted by atomic mass is 9.90. The van der Waals surface area contributed by atoms with Gasteiger partial charge in [0.2, 0.25) is 0 Å². The van der Waals surface area contributed by atoms with Gasteiger partial charge in [-0.05, 0) is 36.5 Å². The number of halogens is 4. The summed E-state index contributed by atoms with van der Waals surface area (Å²) < 4.78 is 57.2. The van der Waals surface area contributed by atoms with Gasteiger partial charge < -0.3 is 4.74 Å². The Balaban J connectivity index is 2.13. The van der Waals surface area contributed by atoms with Gasteiger partial charge in [-0.1, -0.05) is 25.5 Å². The molecule has 0 heterocycles. The Labute approximate surface area is 132 Å². The number of hydrogen-bond donors (Lipinski definition) is 0. The zero-order valence-electron chi connectivity index (χ0n) is 12.8. The van der Waals surface area contributed by atoms with E-state index in [0.717, 1.165) is 18.4 Å². The summed E-state index contributed by atoms with van der Waals surface area (Å²) in [6, 6.07) is 4.69. The van der Waals surface area contributed by atoms with Gasteiger partial charge in [-0.15, -0.1) is 0 Å². The van der Waals surface area contributed by atoms with Gasteiger partial charge in [0, 0.05) is 12.0 Å². The van der Waals surface area contributed by atoms with Gasteiger partial charge in [0.05, 0.1) is 0 Å².